The van der Waals surface area contributed by atoms with Gasteiger partial charge >= 0.3 is 124 Å². The first-order valence-electron chi connectivity index (χ1n) is 26.3. The Bertz CT molecular complexity index is 4160. The van der Waals surface area contributed by atoms with Crippen LogP contribution in [0.3, 0.4) is 0 Å². The van der Waals surface area contributed by atoms with Gasteiger partial charge in [0.25, 0.3) is 48.5 Å². The third-order valence-electron chi connectivity index (χ3n) is 14.2. The van der Waals surface area contributed by atoms with E-state index in [0.717, 1.165) is 39.8 Å². The number of anilines is 3. The van der Waals surface area contributed by atoms with E-state index in [-0.39, 0.29) is 175 Å². The standard InChI is InChI=1S/C44H58N16O27P4.4Na/c1-44(2,3)32(18-8-6-7-9-19(18)60(66)67)78-17-77-30-27(62)21(83-40(30)59-16-56(4)25-36(59)53-43(47)55-38(25)65)11-80-89(70,71)86-91(74,75)87-90(72,73)81-12-22-29(31(76-5)41(84-22)57-14-50-23-33(45)48-13-49-34(23)57)85-88(68,69)79-10-20-26(61)28(63)39(82-20)58-15-51-24-35(58)52-42(46)54-37(24)64;;;;/h6-9,13-16,20-22,26-32,39-41,61-63H,10-12,17H2,1-5H3,(H11-,45,46,47,48,49,52,53,54,55,64,65,68,69,70,71,72,73,74,75);;;;/q;4*+1/p-4/t20-,21-,22-,26+,27+,28?,29+,30?,31?,32?,39-,40-,41-;;;;/m1..../s1. The van der Waals surface area contributed by atoms with E-state index < -0.39 is 165 Å². The van der Waals surface area contributed by atoms with Crippen LogP contribution in [0, 0.1) is 15.5 Å². The van der Waals surface area contributed by atoms with E-state index in [4.69, 9.17) is 63.7 Å². The summed E-state index contributed by atoms with van der Waals surface area (Å²) in [6.07, 6.45) is -17.9. The number of aliphatic hydroxyl groups excluding tert-OH is 3. The number of ether oxygens (including phenoxy) is 6. The minimum atomic E-state index is -6.70. The summed E-state index contributed by atoms with van der Waals surface area (Å²) in [6.45, 7) is 0.559. The van der Waals surface area contributed by atoms with Crippen LogP contribution in [0.4, 0.5) is 23.4 Å². The van der Waals surface area contributed by atoms with Gasteiger partial charge in [-0.05, 0) is 11.5 Å². The number of nitro groups is 1. The van der Waals surface area contributed by atoms with E-state index in [0.29, 0.717) is 0 Å². The van der Waals surface area contributed by atoms with Crippen LogP contribution in [0.2, 0.25) is 0 Å². The van der Waals surface area contributed by atoms with Crippen molar-refractivity contribution >= 4 is 88.2 Å². The second kappa shape index (κ2) is 32.2. The summed E-state index contributed by atoms with van der Waals surface area (Å²) in [4.78, 5) is 107. The average Bonchev–Trinajstić information content (AvgIpc) is 1.63. The number of H-pyrrole nitrogens is 1. The molecule has 51 heteroatoms. The van der Waals surface area contributed by atoms with E-state index in [1.165, 1.54) is 36.1 Å². The van der Waals surface area contributed by atoms with E-state index in [1.54, 1.807) is 26.8 Å². The first kappa shape index (κ1) is 81.4. The Labute approximate surface area is 622 Å². The molecule has 3 aliphatic heterocycles. The Morgan fingerprint density at radius 1 is 0.747 bits per heavy atom. The van der Waals surface area contributed by atoms with E-state index in [1.807, 2.05) is 0 Å². The zero-order valence-corrected chi connectivity index (χ0v) is 63.1. The summed E-state index contributed by atoms with van der Waals surface area (Å²) < 4.78 is 121. The number of rotatable bonds is 25. The quantitative estimate of drug-likeness (QED) is 0.00698. The number of phosphoric ester groups is 3. The van der Waals surface area contributed by atoms with Crippen molar-refractivity contribution in [2.75, 3.05) is 50.9 Å². The van der Waals surface area contributed by atoms with Crippen molar-refractivity contribution in [3.63, 3.8) is 0 Å². The molecule has 496 valence electrons. The predicted octanol–water partition coefficient (Wildman–Crippen LogP) is -15.7. The molecular weight excluding hydrogens is 1400 g/mol. The first-order valence-corrected chi connectivity index (χ1v) is 32.2. The minimum absolute atomic E-state index is 0. The molecule has 3 saturated heterocycles. The van der Waals surface area contributed by atoms with Crippen molar-refractivity contribution in [3.05, 3.63) is 75.6 Å². The van der Waals surface area contributed by atoms with Gasteiger partial charge < -0.3 is 104 Å². The van der Waals surface area contributed by atoms with Crippen LogP contribution in [0.1, 0.15) is 51.1 Å². The van der Waals surface area contributed by atoms with Crippen molar-refractivity contribution in [2.24, 2.45) is 12.5 Å². The second-order valence-corrected chi connectivity index (χ2v) is 27.2. The number of aryl methyl sites for hydroxylation is 1. The molecule has 43 nitrogen and oxygen atoms in total. The number of benzene rings is 1. The van der Waals surface area contributed by atoms with Gasteiger partial charge in [0.1, 0.15) is 73.6 Å². The number of hydrogen-bond acceptors (Lipinski definition) is 37. The number of fused-ring (bicyclic) bond motifs is 3. The number of hydrogen-bond donors (Lipinski definition) is 7. The van der Waals surface area contributed by atoms with E-state index >= 15 is 0 Å². The number of nitrogens with zero attached hydrogens (tertiary/aromatic N) is 12. The molecule has 10 rings (SSSR count). The van der Waals surface area contributed by atoms with Crippen LogP contribution >= 0.6 is 31.3 Å². The molecule has 3 fully saturated rings. The van der Waals surface area contributed by atoms with Crippen molar-refractivity contribution in [3.8, 4) is 5.88 Å². The normalized spacial score (nSPS) is 26.5. The van der Waals surface area contributed by atoms with Crippen LogP contribution in [-0.4, -0.2) is 162 Å². The molecule has 0 spiro atoms. The summed E-state index contributed by atoms with van der Waals surface area (Å²) >= 11 is 0. The molecule has 10 N–H and O–H groups in total. The Kier molecular flexibility index (Phi) is 27.6. The maximum Gasteiger partial charge on any atom is 1.00 e. The van der Waals surface area contributed by atoms with Crippen LogP contribution in [0.5, 0.6) is 5.88 Å². The zero-order chi connectivity index (χ0) is 66.0. The van der Waals surface area contributed by atoms with Gasteiger partial charge in [0, 0.05) is 19.1 Å². The van der Waals surface area contributed by atoms with E-state index in [2.05, 4.69) is 48.5 Å². The number of phosphoric acid groups is 4. The fourth-order valence-corrected chi connectivity index (χ4v) is 14.6. The number of aromatic nitrogens is 12. The molecule has 17 atom stereocenters. The number of aliphatic hydroxyl groups is 3. The zero-order valence-electron chi connectivity index (χ0n) is 51.5. The van der Waals surface area contributed by atoms with Crippen LogP contribution < -0.4 is 170 Å². The summed E-state index contributed by atoms with van der Waals surface area (Å²) in [6, 6.07) is 5.72. The molecule has 3 aliphatic rings. The Morgan fingerprint density at radius 3 is 1.97 bits per heavy atom. The molecule has 0 aliphatic carbocycles. The Morgan fingerprint density at radius 2 is 1.34 bits per heavy atom. The minimum Gasteiger partial charge on any atom is -0.856 e. The first-order chi connectivity index (χ1) is 42.7. The summed E-state index contributed by atoms with van der Waals surface area (Å²) in [5, 5.41) is 58.4. The number of nitrogens with one attached hydrogen (secondary N) is 1. The molecule has 95 heavy (non-hydrogen) atoms. The van der Waals surface area contributed by atoms with Crippen LogP contribution in [-0.2, 0) is 80.4 Å². The van der Waals surface area contributed by atoms with Gasteiger partial charge in [-0.15, -0.1) is 0 Å². The van der Waals surface area contributed by atoms with E-state index in [9.17, 15) is 73.2 Å². The molecular formula is C44H54N16Na4O27P4. The molecule has 6 aromatic heterocycles. The van der Waals surface area contributed by atoms with Gasteiger partial charge in [0.15, 0.2) is 46.9 Å². The third-order valence-corrected chi connectivity index (χ3v) is 19.3. The second-order valence-electron chi connectivity index (χ2n) is 21.3. The molecule has 0 amide bonds. The number of aromatic amines is 1. The van der Waals surface area contributed by atoms with Crippen molar-refractivity contribution in [1.29, 1.82) is 0 Å². The Balaban J connectivity index is 0.00000357. The molecule has 0 saturated carbocycles. The predicted molar refractivity (Wildman–Crippen MR) is 287 cm³/mol. The van der Waals surface area contributed by atoms with Gasteiger partial charge in [-0.2, -0.15) is 4.98 Å². The maximum atomic E-state index is 13.7. The van der Waals surface area contributed by atoms with Gasteiger partial charge in [0.05, 0.1) is 56.1 Å². The van der Waals surface area contributed by atoms with Gasteiger partial charge in [-0.1, -0.05) is 37.9 Å². The van der Waals surface area contributed by atoms with Gasteiger partial charge in [-0.3, -0.25) is 51.9 Å². The smallest absolute Gasteiger partial charge is 0.856 e. The fraction of sp³-hybridized carbons (Fsp3) is 0.523. The maximum absolute atomic E-state index is 13.7. The largest absolute Gasteiger partial charge is 1.00 e. The topological polar surface area (TPSA) is 618 Å². The summed E-state index contributed by atoms with van der Waals surface area (Å²) in [7, 11) is -22.8. The number of nitrogen functional groups attached to an aromatic ring is 3. The summed E-state index contributed by atoms with van der Waals surface area (Å²) in [5.74, 6) is -1.81. The number of methoxy groups -OCH3 is 1. The Hall–Kier alpha value is -2.57. The molecule has 7 aromatic rings. The van der Waals surface area contributed by atoms with Crippen molar-refractivity contribution in [2.45, 2.75) is 100 Å². The fourth-order valence-electron chi connectivity index (χ4n) is 10.2. The van der Waals surface area contributed by atoms with Gasteiger partial charge in [-0.25, -0.2) is 38.1 Å². The van der Waals surface area contributed by atoms with Gasteiger partial charge in [0.2, 0.25) is 12.2 Å². The number of nitrogens with two attached hydrogens (primary N) is 3. The van der Waals surface area contributed by atoms with Crippen molar-refractivity contribution in [1.82, 2.24) is 53.6 Å². The number of nitro benzene ring substituents is 1. The van der Waals surface area contributed by atoms with Crippen molar-refractivity contribution < 1.29 is 241 Å². The summed E-state index contributed by atoms with van der Waals surface area (Å²) in [5.41, 5.74) is 14.9. The molecule has 8 unspecified atom stereocenters. The SMILES string of the molecule is COC1[C@@H](OP(=O)([O-])OC[C@H]2O[C@@H](n3cnc4c(=O)[nH]c(N)nc43)C(O)[C@H]2O)[C@@H](COP(=O)([O-])OP(=O)([O-])OP(=O)([O-])OC[C@H]2O[C@@H]([n+]3cn(C)c4c([O-])nc(N)nc43)C(OCOC(c3ccccc3[N+](=O)[O-])C(C)(C)C)[C@H]2O)O[C@H]1n1cnc2c(N)ncnc21.[Na+].[Na+].[Na+].[Na+]. The average molecular weight is 1450 g/mol. The molecule has 9 heterocycles. The molecule has 0 bridgehead atoms. The number of imidazole rings is 3. The molecule has 0 radical (unpaired) electrons. The monoisotopic (exact) mass is 1450 g/mol. The van der Waals surface area contributed by atoms with Crippen LogP contribution in [0.15, 0.2) is 54.4 Å². The van der Waals surface area contributed by atoms with Crippen LogP contribution in [0.25, 0.3) is 33.5 Å². The third kappa shape index (κ3) is 18.0. The number of para-hydroxylation sites is 1. The molecule has 1 aromatic carbocycles.